The molecule has 0 saturated carbocycles. The van der Waals surface area contributed by atoms with E-state index < -0.39 is 39.3 Å². The second-order valence-corrected chi connectivity index (χ2v) is 11.5. The number of ether oxygens (including phenoxy) is 3. The molecule has 0 spiro atoms. The number of carbonyl (C=O) groups is 2. The minimum Gasteiger partial charge on any atom is -0.443 e. The molecule has 0 radical (unpaired) electrons. The summed E-state index contributed by atoms with van der Waals surface area (Å²) < 4.78 is 64.4. The monoisotopic (exact) mass is 556 g/mol. The van der Waals surface area contributed by atoms with Crippen molar-refractivity contribution in [1.29, 1.82) is 0 Å². The largest absolute Gasteiger partial charge is 0.443 e. The average molecular weight is 557 g/mol. The van der Waals surface area contributed by atoms with Crippen molar-refractivity contribution in [2.45, 2.75) is 52.7 Å². The maximum absolute atomic E-state index is 14.1. The smallest absolute Gasteiger partial charge is 0.423 e. The number of halogens is 1. The quantitative estimate of drug-likeness (QED) is 0.544. The Morgan fingerprint density at radius 3 is 2.61 bits per heavy atom. The van der Waals surface area contributed by atoms with Crippen molar-refractivity contribution in [3.8, 4) is 0 Å². The SMILES string of the molecule is COC[C@H]1CCN(S(=O)(=O)NC(=O)c2coc(N(C(=O)OC(C)(C)C)c3cc(C)c(F)cc3C)n2)CCO1. The number of nitrogens with zero attached hydrogens (tertiary/aromatic N) is 3. The van der Waals surface area contributed by atoms with Crippen LogP contribution in [0.2, 0.25) is 0 Å². The van der Waals surface area contributed by atoms with Gasteiger partial charge in [-0.3, -0.25) is 4.79 Å². The third kappa shape index (κ3) is 7.28. The molecule has 0 bridgehead atoms. The zero-order valence-corrected chi connectivity index (χ0v) is 23.1. The van der Waals surface area contributed by atoms with Crippen LogP contribution in [0.4, 0.5) is 20.9 Å². The van der Waals surface area contributed by atoms with Gasteiger partial charge in [-0.1, -0.05) is 0 Å². The van der Waals surface area contributed by atoms with Gasteiger partial charge in [0.1, 0.15) is 17.7 Å². The second kappa shape index (κ2) is 11.8. The van der Waals surface area contributed by atoms with Gasteiger partial charge in [-0.15, -0.1) is 0 Å². The molecule has 0 unspecified atom stereocenters. The van der Waals surface area contributed by atoms with Gasteiger partial charge in [0.15, 0.2) is 5.69 Å². The zero-order valence-electron chi connectivity index (χ0n) is 22.2. The lowest BCUT2D eigenvalue weighted by Gasteiger charge is -2.26. The van der Waals surface area contributed by atoms with Gasteiger partial charge in [-0.05, 0) is 64.3 Å². The summed E-state index contributed by atoms with van der Waals surface area (Å²) in [6, 6.07) is 2.30. The second-order valence-electron chi connectivity index (χ2n) is 9.79. The highest BCUT2D eigenvalue weighted by molar-refractivity contribution is 7.87. The van der Waals surface area contributed by atoms with E-state index in [1.54, 1.807) is 27.7 Å². The van der Waals surface area contributed by atoms with Gasteiger partial charge in [0.2, 0.25) is 0 Å². The summed E-state index contributed by atoms with van der Waals surface area (Å²) in [5.41, 5.74) is -0.435. The standard InChI is InChI=1S/C24H33FN4O8S/c1-15-12-20(16(2)11-18(15)25)29(23(31)37-24(3,4)5)22-26-19(14-36-22)21(30)27-38(32,33)28-8-7-17(13-34-6)35-10-9-28/h11-12,14,17H,7-10,13H2,1-6H3,(H,27,30)/t17-/m1/s1. The molecule has 0 aliphatic carbocycles. The predicted octanol–water partition coefficient (Wildman–Crippen LogP) is 3.22. The van der Waals surface area contributed by atoms with E-state index in [0.29, 0.717) is 18.6 Å². The highest BCUT2D eigenvalue weighted by Gasteiger charge is 2.33. The Bertz CT molecular complexity index is 1270. The molecule has 1 fully saturated rings. The summed E-state index contributed by atoms with van der Waals surface area (Å²) in [6.45, 7) is 8.72. The fraction of sp³-hybridized carbons (Fsp3) is 0.542. The first kappa shape index (κ1) is 29.5. The number of oxazole rings is 1. The normalized spacial score (nSPS) is 17.1. The molecule has 2 heterocycles. The van der Waals surface area contributed by atoms with Gasteiger partial charge >= 0.3 is 22.3 Å². The number of carbonyl (C=O) groups excluding carboxylic acids is 2. The van der Waals surface area contributed by atoms with Crippen LogP contribution < -0.4 is 9.62 Å². The number of anilines is 2. The van der Waals surface area contributed by atoms with E-state index in [9.17, 15) is 22.4 Å². The molecule has 1 aliphatic rings. The maximum Gasteiger partial charge on any atom is 0.423 e. The van der Waals surface area contributed by atoms with Crippen molar-refractivity contribution in [2.75, 3.05) is 38.3 Å². The molecule has 1 saturated heterocycles. The number of amides is 2. The summed E-state index contributed by atoms with van der Waals surface area (Å²) in [5.74, 6) is -1.53. The molecule has 2 aromatic rings. The van der Waals surface area contributed by atoms with E-state index in [1.807, 2.05) is 4.72 Å². The van der Waals surface area contributed by atoms with Crippen LogP contribution in [0.3, 0.4) is 0 Å². The lowest BCUT2D eigenvalue weighted by atomic mass is 10.1. The Hall–Kier alpha value is -3.07. The van der Waals surface area contributed by atoms with Crippen LogP contribution in [0.15, 0.2) is 22.8 Å². The zero-order chi connectivity index (χ0) is 28.3. The van der Waals surface area contributed by atoms with Gasteiger partial charge in [0.05, 0.1) is 25.0 Å². The summed E-state index contributed by atoms with van der Waals surface area (Å²) in [6.07, 6.45) is 0.163. The fourth-order valence-electron chi connectivity index (χ4n) is 3.66. The number of benzene rings is 1. The van der Waals surface area contributed by atoms with Crippen molar-refractivity contribution in [3.05, 3.63) is 41.0 Å². The topological polar surface area (TPSA) is 141 Å². The number of aryl methyl sites for hydroxylation is 2. The van der Waals surface area contributed by atoms with Gasteiger partial charge in [0.25, 0.3) is 5.91 Å². The highest BCUT2D eigenvalue weighted by Crippen LogP contribution is 2.32. The minimum absolute atomic E-state index is 0.0442. The number of rotatable bonds is 7. The maximum atomic E-state index is 14.1. The Morgan fingerprint density at radius 1 is 1.24 bits per heavy atom. The van der Waals surface area contributed by atoms with E-state index in [4.69, 9.17) is 18.6 Å². The molecule has 1 aromatic heterocycles. The van der Waals surface area contributed by atoms with E-state index in [2.05, 4.69) is 4.98 Å². The number of methoxy groups -OCH3 is 1. The highest BCUT2D eigenvalue weighted by atomic mass is 32.2. The van der Waals surface area contributed by atoms with Crippen LogP contribution in [0.5, 0.6) is 0 Å². The molecular formula is C24H33FN4O8S. The third-order valence-corrected chi connectivity index (χ3v) is 7.01. The predicted molar refractivity (Wildman–Crippen MR) is 135 cm³/mol. The van der Waals surface area contributed by atoms with E-state index in [1.165, 1.54) is 26.2 Å². The van der Waals surface area contributed by atoms with Crippen molar-refractivity contribution >= 4 is 33.9 Å². The van der Waals surface area contributed by atoms with Crippen LogP contribution in [0, 0.1) is 19.7 Å². The lowest BCUT2D eigenvalue weighted by molar-refractivity contribution is 0.00560. The van der Waals surface area contributed by atoms with Crippen LogP contribution in [-0.4, -0.2) is 74.8 Å². The van der Waals surface area contributed by atoms with Gasteiger partial charge in [-0.2, -0.15) is 22.6 Å². The molecule has 1 aromatic carbocycles. The molecule has 1 aliphatic heterocycles. The summed E-state index contributed by atoms with van der Waals surface area (Å²) in [5, 5.41) is 0. The number of nitrogens with one attached hydrogen (secondary N) is 1. The molecule has 1 atom stereocenters. The first-order valence-corrected chi connectivity index (χ1v) is 13.3. The molecule has 210 valence electrons. The molecule has 38 heavy (non-hydrogen) atoms. The Kier molecular flexibility index (Phi) is 9.13. The van der Waals surface area contributed by atoms with Crippen LogP contribution in [0.25, 0.3) is 0 Å². The van der Waals surface area contributed by atoms with Crippen LogP contribution >= 0.6 is 0 Å². The van der Waals surface area contributed by atoms with Gasteiger partial charge in [-0.25, -0.2) is 13.9 Å². The van der Waals surface area contributed by atoms with Crippen molar-refractivity contribution in [3.63, 3.8) is 0 Å². The number of hydrogen-bond acceptors (Lipinski definition) is 9. The number of hydrogen-bond donors (Lipinski definition) is 1. The molecule has 14 heteroatoms. The van der Waals surface area contributed by atoms with Crippen molar-refractivity contribution in [2.24, 2.45) is 0 Å². The summed E-state index contributed by atoms with van der Waals surface area (Å²) in [7, 11) is -2.70. The van der Waals surface area contributed by atoms with Crippen LogP contribution in [0.1, 0.15) is 48.8 Å². The van der Waals surface area contributed by atoms with E-state index in [0.717, 1.165) is 15.5 Å². The van der Waals surface area contributed by atoms with Crippen LogP contribution in [-0.2, 0) is 24.4 Å². The van der Waals surface area contributed by atoms with E-state index >= 15 is 0 Å². The Balaban J connectivity index is 1.85. The molecular weight excluding hydrogens is 523 g/mol. The Labute approximate surface area is 221 Å². The van der Waals surface area contributed by atoms with Gasteiger partial charge in [0, 0.05) is 20.2 Å². The fourth-order valence-corrected chi connectivity index (χ4v) is 4.79. The Morgan fingerprint density at radius 2 is 1.95 bits per heavy atom. The average Bonchev–Trinajstić information content (AvgIpc) is 3.15. The molecule has 3 rings (SSSR count). The molecule has 1 N–H and O–H groups in total. The lowest BCUT2D eigenvalue weighted by Crippen LogP contribution is -2.44. The van der Waals surface area contributed by atoms with Crippen molar-refractivity contribution < 1.29 is 41.0 Å². The first-order chi connectivity index (χ1) is 17.7. The summed E-state index contributed by atoms with van der Waals surface area (Å²) >= 11 is 0. The third-order valence-electron chi connectivity index (χ3n) is 5.52. The molecule has 12 nitrogen and oxygen atoms in total. The van der Waals surface area contributed by atoms with Crippen molar-refractivity contribution in [1.82, 2.24) is 14.0 Å². The minimum atomic E-state index is -4.23. The number of aromatic nitrogens is 1. The first-order valence-electron chi connectivity index (χ1n) is 11.9. The van der Waals surface area contributed by atoms with Gasteiger partial charge < -0.3 is 18.6 Å². The summed E-state index contributed by atoms with van der Waals surface area (Å²) in [4.78, 5) is 30.9. The van der Waals surface area contributed by atoms with E-state index in [-0.39, 0.29) is 43.1 Å². The molecule has 2 amide bonds.